The van der Waals surface area contributed by atoms with Crippen molar-refractivity contribution in [3.8, 4) is 17.2 Å². The van der Waals surface area contributed by atoms with Crippen molar-refractivity contribution in [1.82, 2.24) is 29.1 Å². The molecule has 2 amide bonds. The predicted octanol–water partition coefficient (Wildman–Crippen LogP) is 6.02. The first-order valence-electron chi connectivity index (χ1n) is 15.8. The number of amides is 2. The third-order valence-electron chi connectivity index (χ3n) is 8.39. The van der Waals surface area contributed by atoms with Gasteiger partial charge in [-0.2, -0.15) is 5.10 Å². The van der Waals surface area contributed by atoms with Gasteiger partial charge in [0.25, 0.3) is 0 Å². The average Bonchev–Trinajstić information content (AvgIpc) is 3.55. The molecule has 0 bridgehead atoms. The Balaban J connectivity index is 1.73. The molecule has 0 spiro atoms. The summed E-state index contributed by atoms with van der Waals surface area (Å²) in [6, 6.07) is 6.91. The summed E-state index contributed by atoms with van der Waals surface area (Å²) in [5, 5.41) is 7.47. The number of ether oxygens (including phenoxy) is 1. The van der Waals surface area contributed by atoms with E-state index in [2.05, 4.69) is 5.32 Å². The number of carbonyl (C=O) groups excluding carboxylic acids is 2. The quantitative estimate of drug-likeness (QED) is 0.264. The summed E-state index contributed by atoms with van der Waals surface area (Å²) in [5.74, 6) is -0.869. The first kappa shape index (κ1) is 33.6. The van der Waals surface area contributed by atoms with Crippen molar-refractivity contribution in [3.05, 3.63) is 92.8 Å². The molecule has 1 aliphatic rings. The van der Waals surface area contributed by atoms with Gasteiger partial charge < -0.3 is 10.1 Å². The van der Waals surface area contributed by atoms with E-state index in [0.29, 0.717) is 41.0 Å². The third kappa shape index (κ3) is 6.45. The maximum Gasteiger partial charge on any atom is 0.411 e. The molecule has 10 nitrogen and oxygen atoms in total. The van der Waals surface area contributed by atoms with E-state index in [0.717, 1.165) is 12.1 Å². The van der Waals surface area contributed by atoms with E-state index in [9.17, 15) is 18.8 Å². The molecular formula is C35H42F2N6O4. The molecule has 0 unspecified atom stereocenters. The van der Waals surface area contributed by atoms with Crippen LogP contribution in [0.1, 0.15) is 81.4 Å². The van der Waals surface area contributed by atoms with Gasteiger partial charge in [-0.3, -0.25) is 18.8 Å². The Hall–Kier alpha value is -4.74. The molecule has 47 heavy (non-hydrogen) atoms. The van der Waals surface area contributed by atoms with Gasteiger partial charge in [0.1, 0.15) is 23.1 Å². The Kier molecular flexibility index (Phi) is 9.16. The largest absolute Gasteiger partial charge is 0.444 e. The number of benzene rings is 2. The van der Waals surface area contributed by atoms with Crippen molar-refractivity contribution in [2.75, 3.05) is 7.05 Å². The molecule has 0 fully saturated rings. The van der Waals surface area contributed by atoms with Crippen LogP contribution in [0.15, 0.2) is 47.5 Å². The van der Waals surface area contributed by atoms with Crippen molar-refractivity contribution in [2.24, 2.45) is 0 Å². The highest BCUT2D eigenvalue weighted by molar-refractivity contribution is 5.78. The number of imidazole rings is 1. The summed E-state index contributed by atoms with van der Waals surface area (Å²) in [4.78, 5) is 41.4. The summed E-state index contributed by atoms with van der Waals surface area (Å²) in [5.41, 5.74) is 2.07. The number of nitrogens with zero attached hydrogens (tertiary/aromatic N) is 5. The second-order valence-corrected chi connectivity index (χ2v) is 13.2. The predicted molar refractivity (Wildman–Crippen MR) is 175 cm³/mol. The lowest BCUT2D eigenvalue weighted by molar-refractivity contribution is -0.120. The zero-order valence-electron chi connectivity index (χ0n) is 28.1. The Morgan fingerprint density at radius 3 is 2.30 bits per heavy atom. The van der Waals surface area contributed by atoms with Crippen LogP contribution in [0.4, 0.5) is 13.6 Å². The van der Waals surface area contributed by atoms with Gasteiger partial charge in [-0.25, -0.2) is 23.1 Å². The number of carbonyl (C=O) groups is 2. The van der Waals surface area contributed by atoms with Gasteiger partial charge in [-0.05, 0) is 88.9 Å². The number of hydrogen-bond acceptors (Lipinski definition) is 5. The third-order valence-corrected chi connectivity index (χ3v) is 8.39. The van der Waals surface area contributed by atoms with Gasteiger partial charge >= 0.3 is 11.8 Å². The molecule has 2 aromatic heterocycles. The van der Waals surface area contributed by atoms with Gasteiger partial charge in [0, 0.05) is 37.5 Å². The standard InChI is InChI=1S/C35H42F2N6O4/c1-9-10-28-30-27(17-22(4)42(28)34(46)47-35(5,6)7)39-43(25-15-20(2)31(37)21(3)16-25)32(30)41-14-13-40(33(41)45)24-12-11-23(26(36)19-24)18-29(44)38-8/h11-16,19,22,28H,9-10,17-18H2,1-8H3,(H,38,44)/t22-,28+/m1/s1. The Labute approximate surface area is 272 Å². The van der Waals surface area contributed by atoms with Crippen LogP contribution in [-0.2, 0) is 22.4 Å². The fourth-order valence-electron chi connectivity index (χ4n) is 6.24. The number of likely N-dealkylation sites (N-methyl/N-ethyl adjacent to an activating group) is 1. The molecule has 4 aromatic rings. The maximum absolute atomic E-state index is 15.1. The number of fused-ring (bicyclic) bond motifs is 1. The van der Waals surface area contributed by atoms with E-state index in [4.69, 9.17) is 9.84 Å². The molecule has 2 atom stereocenters. The Bertz CT molecular complexity index is 1880. The molecule has 0 radical (unpaired) electrons. The summed E-state index contributed by atoms with van der Waals surface area (Å²) in [6.45, 7) is 12.8. The van der Waals surface area contributed by atoms with Gasteiger partial charge in [0.05, 0.1) is 29.5 Å². The molecule has 1 N–H and O–H groups in total. The molecule has 0 saturated carbocycles. The number of rotatable bonds is 7. The Morgan fingerprint density at radius 1 is 1.04 bits per heavy atom. The summed E-state index contributed by atoms with van der Waals surface area (Å²) >= 11 is 0. The zero-order chi connectivity index (χ0) is 34.4. The molecule has 250 valence electrons. The number of aryl methyl sites for hydroxylation is 2. The lowest BCUT2D eigenvalue weighted by atomic mass is 9.91. The van der Waals surface area contributed by atoms with Gasteiger partial charge in [0.15, 0.2) is 0 Å². The van der Waals surface area contributed by atoms with Crippen LogP contribution in [0.2, 0.25) is 0 Å². The first-order chi connectivity index (χ1) is 22.1. The SMILES string of the molecule is CCC[C@H]1c2c(nn(-c3cc(C)c(F)c(C)c3)c2-n2ccn(-c3ccc(CC(=O)NC)c(F)c3)c2=O)C[C@@H](C)N1C(=O)OC(C)(C)C. The van der Waals surface area contributed by atoms with Crippen LogP contribution in [0.3, 0.4) is 0 Å². The molecule has 2 aromatic carbocycles. The minimum Gasteiger partial charge on any atom is -0.444 e. The van der Waals surface area contributed by atoms with Crippen LogP contribution in [0, 0.1) is 25.5 Å². The van der Waals surface area contributed by atoms with Crippen LogP contribution in [0.25, 0.3) is 17.2 Å². The van der Waals surface area contributed by atoms with E-state index in [1.165, 1.54) is 34.5 Å². The molecule has 12 heteroatoms. The topological polar surface area (TPSA) is 103 Å². The van der Waals surface area contributed by atoms with E-state index in [1.54, 1.807) is 47.8 Å². The smallest absolute Gasteiger partial charge is 0.411 e. The monoisotopic (exact) mass is 648 g/mol. The van der Waals surface area contributed by atoms with Crippen LogP contribution in [0.5, 0.6) is 0 Å². The van der Waals surface area contributed by atoms with E-state index in [-0.39, 0.29) is 35.4 Å². The zero-order valence-corrected chi connectivity index (χ0v) is 28.1. The molecule has 0 saturated heterocycles. The van der Waals surface area contributed by atoms with Crippen molar-refractivity contribution < 1.29 is 23.1 Å². The van der Waals surface area contributed by atoms with Gasteiger partial charge in [0.2, 0.25) is 5.91 Å². The highest BCUT2D eigenvalue weighted by Crippen LogP contribution is 2.41. The van der Waals surface area contributed by atoms with E-state index in [1.807, 2.05) is 34.6 Å². The summed E-state index contributed by atoms with van der Waals surface area (Å²) in [7, 11) is 1.48. The highest BCUT2D eigenvalue weighted by Gasteiger charge is 2.42. The molecule has 3 heterocycles. The summed E-state index contributed by atoms with van der Waals surface area (Å²) < 4.78 is 40.1. The van der Waals surface area contributed by atoms with Crippen molar-refractivity contribution in [2.45, 2.75) is 91.8 Å². The Morgan fingerprint density at radius 2 is 1.70 bits per heavy atom. The minimum absolute atomic E-state index is 0.133. The van der Waals surface area contributed by atoms with Crippen LogP contribution < -0.4 is 11.0 Å². The van der Waals surface area contributed by atoms with Crippen molar-refractivity contribution in [1.29, 1.82) is 0 Å². The van der Waals surface area contributed by atoms with Crippen molar-refractivity contribution in [3.63, 3.8) is 0 Å². The lowest BCUT2D eigenvalue weighted by Gasteiger charge is -2.41. The highest BCUT2D eigenvalue weighted by atomic mass is 19.1. The van der Waals surface area contributed by atoms with Crippen LogP contribution in [-0.4, -0.2) is 54.5 Å². The fraction of sp³-hybridized carbons (Fsp3) is 0.429. The van der Waals surface area contributed by atoms with Gasteiger partial charge in [-0.15, -0.1) is 0 Å². The maximum atomic E-state index is 15.1. The van der Waals surface area contributed by atoms with Crippen molar-refractivity contribution >= 4 is 12.0 Å². The second kappa shape index (κ2) is 12.8. The normalized spacial score (nSPS) is 16.3. The average molecular weight is 649 g/mol. The lowest BCUT2D eigenvalue weighted by Crippen LogP contribution is -2.48. The molecule has 1 aliphatic heterocycles. The number of halogens is 2. The fourth-order valence-corrected chi connectivity index (χ4v) is 6.24. The van der Waals surface area contributed by atoms with Gasteiger partial charge in [-0.1, -0.05) is 19.4 Å². The summed E-state index contributed by atoms with van der Waals surface area (Å²) in [6.07, 6.45) is 4.23. The number of nitrogens with one attached hydrogen (secondary N) is 1. The molecule has 0 aliphatic carbocycles. The number of aromatic nitrogens is 4. The van der Waals surface area contributed by atoms with E-state index < -0.39 is 29.2 Å². The number of hydrogen-bond donors (Lipinski definition) is 1. The minimum atomic E-state index is -0.719. The first-order valence-corrected chi connectivity index (χ1v) is 15.8. The van der Waals surface area contributed by atoms with Crippen LogP contribution >= 0.6 is 0 Å². The second-order valence-electron chi connectivity index (χ2n) is 13.2. The molecular weight excluding hydrogens is 606 g/mol. The molecule has 5 rings (SSSR count). The van der Waals surface area contributed by atoms with E-state index >= 15 is 4.39 Å².